The minimum Gasteiger partial charge on any atom is -0.385 e. The summed E-state index contributed by atoms with van der Waals surface area (Å²) in [6.45, 7) is 7.82. The normalized spacial score (nSPS) is 17.4. The molecule has 0 radical (unpaired) electrons. The van der Waals surface area contributed by atoms with Crippen molar-refractivity contribution in [2.24, 2.45) is 4.99 Å². The smallest absolute Gasteiger partial charge is 0.191 e. The van der Waals surface area contributed by atoms with E-state index in [9.17, 15) is 0 Å². The van der Waals surface area contributed by atoms with E-state index >= 15 is 0 Å². The van der Waals surface area contributed by atoms with Crippen LogP contribution in [0.1, 0.15) is 37.1 Å². The Hall–Kier alpha value is -1.11. The first-order valence-electron chi connectivity index (χ1n) is 8.63. The molecule has 1 aliphatic rings. The van der Waals surface area contributed by atoms with Gasteiger partial charge in [-0.3, -0.25) is 9.89 Å². The van der Waals surface area contributed by atoms with E-state index in [1.807, 2.05) is 11.3 Å². The SMILES string of the molecule is CCNC(=NCC(c1cccs1)N1CCCC1)NCCCOC. The number of hydrogen-bond donors (Lipinski definition) is 2. The van der Waals surface area contributed by atoms with Gasteiger partial charge in [-0.05, 0) is 50.7 Å². The summed E-state index contributed by atoms with van der Waals surface area (Å²) in [7, 11) is 1.74. The Morgan fingerprint density at radius 1 is 1.39 bits per heavy atom. The number of ether oxygens (including phenoxy) is 1. The van der Waals surface area contributed by atoms with Crippen molar-refractivity contribution in [2.75, 3.05) is 46.4 Å². The van der Waals surface area contributed by atoms with Crippen molar-refractivity contribution in [3.63, 3.8) is 0 Å². The molecule has 0 aliphatic carbocycles. The Morgan fingerprint density at radius 3 is 2.87 bits per heavy atom. The molecule has 1 fully saturated rings. The fourth-order valence-electron chi connectivity index (χ4n) is 2.86. The highest BCUT2D eigenvalue weighted by Crippen LogP contribution is 2.28. The van der Waals surface area contributed by atoms with Gasteiger partial charge in [-0.25, -0.2) is 0 Å². The van der Waals surface area contributed by atoms with E-state index in [4.69, 9.17) is 9.73 Å². The lowest BCUT2D eigenvalue weighted by atomic mass is 10.2. The Labute approximate surface area is 144 Å². The predicted octanol–water partition coefficient (Wildman–Crippen LogP) is 2.48. The van der Waals surface area contributed by atoms with Gasteiger partial charge in [0.05, 0.1) is 12.6 Å². The van der Waals surface area contributed by atoms with Crippen molar-refractivity contribution < 1.29 is 4.74 Å². The van der Waals surface area contributed by atoms with Crippen LogP contribution in [0.3, 0.4) is 0 Å². The molecule has 0 spiro atoms. The number of thiophene rings is 1. The monoisotopic (exact) mass is 338 g/mol. The van der Waals surface area contributed by atoms with Crippen molar-refractivity contribution in [1.29, 1.82) is 0 Å². The quantitative estimate of drug-likeness (QED) is 0.413. The summed E-state index contributed by atoms with van der Waals surface area (Å²) in [5.41, 5.74) is 0. The molecule has 130 valence electrons. The van der Waals surface area contributed by atoms with Gasteiger partial charge in [0, 0.05) is 31.7 Å². The third-order valence-electron chi connectivity index (χ3n) is 4.04. The maximum absolute atomic E-state index is 5.09. The number of nitrogens with zero attached hydrogens (tertiary/aromatic N) is 2. The van der Waals surface area contributed by atoms with Gasteiger partial charge < -0.3 is 15.4 Å². The number of guanidine groups is 1. The summed E-state index contributed by atoms with van der Waals surface area (Å²) in [6, 6.07) is 4.79. The molecule has 2 N–H and O–H groups in total. The summed E-state index contributed by atoms with van der Waals surface area (Å²) in [6.07, 6.45) is 3.60. The second-order valence-corrected chi connectivity index (χ2v) is 6.75. The third-order valence-corrected chi connectivity index (χ3v) is 5.01. The lowest BCUT2D eigenvalue weighted by molar-refractivity contribution is 0.195. The van der Waals surface area contributed by atoms with Crippen LogP contribution in [-0.4, -0.2) is 57.3 Å². The maximum atomic E-state index is 5.09. The van der Waals surface area contributed by atoms with Crippen LogP contribution in [0.2, 0.25) is 0 Å². The molecule has 1 aromatic rings. The molecule has 1 saturated heterocycles. The van der Waals surface area contributed by atoms with E-state index in [0.717, 1.165) is 38.6 Å². The number of likely N-dealkylation sites (tertiary alicyclic amines) is 1. The highest BCUT2D eigenvalue weighted by molar-refractivity contribution is 7.10. The van der Waals surface area contributed by atoms with Crippen LogP contribution < -0.4 is 10.6 Å². The van der Waals surface area contributed by atoms with Crippen LogP contribution in [0.5, 0.6) is 0 Å². The molecular weight excluding hydrogens is 308 g/mol. The van der Waals surface area contributed by atoms with Gasteiger partial charge >= 0.3 is 0 Å². The molecule has 1 aromatic heterocycles. The van der Waals surface area contributed by atoms with E-state index in [1.54, 1.807) is 7.11 Å². The van der Waals surface area contributed by atoms with Gasteiger partial charge in [-0.15, -0.1) is 11.3 Å². The van der Waals surface area contributed by atoms with Crippen molar-refractivity contribution >= 4 is 17.3 Å². The van der Waals surface area contributed by atoms with E-state index < -0.39 is 0 Å². The molecule has 0 aromatic carbocycles. The van der Waals surface area contributed by atoms with Crippen LogP contribution in [-0.2, 0) is 4.74 Å². The first-order valence-corrected chi connectivity index (χ1v) is 9.51. The molecule has 0 bridgehead atoms. The van der Waals surface area contributed by atoms with Crippen LogP contribution in [0, 0.1) is 0 Å². The van der Waals surface area contributed by atoms with Gasteiger partial charge in [0.15, 0.2) is 5.96 Å². The van der Waals surface area contributed by atoms with Gasteiger partial charge in [-0.2, -0.15) is 0 Å². The van der Waals surface area contributed by atoms with Crippen molar-refractivity contribution in [2.45, 2.75) is 32.2 Å². The highest BCUT2D eigenvalue weighted by Gasteiger charge is 2.24. The van der Waals surface area contributed by atoms with Gasteiger partial charge in [0.1, 0.15) is 0 Å². The van der Waals surface area contributed by atoms with Crippen LogP contribution in [0.25, 0.3) is 0 Å². The zero-order chi connectivity index (χ0) is 16.3. The number of rotatable bonds is 9. The first-order chi connectivity index (χ1) is 11.3. The molecule has 2 rings (SSSR count). The zero-order valence-electron chi connectivity index (χ0n) is 14.4. The molecule has 0 saturated carbocycles. The second-order valence-electron chi connectivity index (χ2n) is 5.77. The largest absolute Gasteiger partial charge is 0.385 e. The Bertz CT molecular complexity index is 443. The molecule has 1 atom stereocenters. The second kappa shape index (κ2) is 10.6. The lowest BCUT2D eigenvalue weighted by Gasteiger charge is -2.25. The number of nitrogens with one attached hydrogen (secondary N) is 2. The average molecular weight is 339 g/mol. The van der Waals surface area contributed by atoms with Crippen LogP contribution in [0.15, 0.2) is 22.5 Å². The zero-order valence-corrected chi connectivity index (χ0v) is 15.2. The highest BCUT2D eigenvalue weighted by atomic mass is 32.1. The third kappa shape index (κ3) is 6.12. The molecule has 1 aliphatic heterocycles. The minimum absolute atomic E-state index is 0.409. The molecule has 1 unspecified atom stereocenters. The fourth-order valence-corrected chi connectivity index (χ4v) is 3.71. The molecule has 2 heterocycles. The van der Waals surface area contributed by atoms with E-state index in [1.165, 1.54) is 30.8 Å². The predicted molar refractivity (Wildman–Crippen MR) is 98.3 cm³/mol. The number of methoxy groups -OCH3 is 1. The topological polar surface area (TPSA) is 48.9 Å². The van der Waals surface area contributed by atoms with Gasteiger partial charge in [0.25, 0.3) is 0 Å². The average Bonchev–Trinajstić information content (AvgIpc) is 3.25. The summed E-state index contributed by atoms with van der Waals surface area (Å²) in [5.74, 6) is 0.907. The Kier molecular flexibility index (Phi) is 8.42. The minimum atomic E-state index is 0.409. The maximum Gasteiger partial charge on any atom is 0.191 e. The molecule has 6 heteroatoms. The van der Waals surface area contributed by atoms with Crippen molar-refractivity contribution in [3.8, 4) is 0 Å². The van der Waals surface area contributed by atoms with Crippen molar-refractivity contribution in [1.82, 2.24) is 15.5 Å². The Morgan fingerprint density at radius 2 is 2.22 bits per heavy atom. The number of aliphatic imine (C=N–C) groups is 1. The molecule has 23 heavy (non-hydrogen) atoms. The van der Waals surface area contributed by atoms with E-state index in [-0.39, 0.29) is 0 Å². The lowest BCUT2D eigenvalue weighted by Crippen LogP contribution is -2.39. The standard InChI is InChI=1S/C17H30N4OS/c1-3-18-17(19-9-7-12-22-2)20-14-15(16-8-6-13-23-16)21-10-4-5-11-21/h6,8,13,15H,3-5,7,9-12,14H2,1-2H3,(H2,18,19,20). The van der Waals surface area contributed by atoms with E-state index in [2.05, 4.69) is 40.0 Å². The van der Waals surface area contributed by atoms with Crippen LogP contribution in [0.4, 0.5) is 0 Å². The van der Waals surface area contributed by atoms with Crippen molar-refractivity contribution in [3.05, 3.63) is 22.4 Å². The Balaban J connectivity index is 1.95. The summed E-state index contributed by atoms with van der Waals surface area (Å²) in [4.78, 5) is 8.83. The number of hydrogen-bond acceptors (Lipinski definition) is 4. The van der Waals surface area contributed by atoms with E-state index in [0.29, 0.717) is 6.04 Å². The van der Waals surface area contributed by atoms with Crippen LogP contribution >= 0.6 is 11.3 Å². The molecule has 0 amide bonds. The van der Waals surface area contributed by atoms with Gasteiger partial charge in [-0.1, -0.05) is 6.07 Å². The summed E-state index contributed by atoms with van der Waals surface area (Å²) in [5, 5.41) is 8.89. The van der Waals surface area contributed by atoms with Gasteiger partial charge in [0.2, 0.25) is 0 Å². The summed E-state index contributed by atoms with van der Waals surface area (Å²) >= 11 is 1.84. The molecule has 5 nitrogen and oxygen atoms in total. The summed E-state index contributed by atoms with van der Waals surface area (Å²) < 4.78 is 5.09. The fraction of sp³-hybridized carbons (Fsp3) is 0.706. The molecular formula is C17H30N4OS. The first kappa shape index (κ1) is 18.2.